The largest absolute Gasteiger partial charge is 0.368 e. The molecule has 2 aromatic carbocycles. The molecule has 0 radical (unpaired) electrons. The summed E-state index contributed by atoms with van der Waals surface area (Å²) < 4.78 is 0. The summed E-state index contributed by atoms with van der Waals surface area (Å²) in [6, 6.07) is 16.8. The van der Waals surface area contributed by atoms with Crippen LogP contribution in [0.25, 0.3) is 0 Å². The Balaban J connectivity index is 2.01. The highest BCUT2D eigenvalue weighted by molar-refractivity contribution is 5.87. The first kappa shape index (κ1) is 18.7. The van der Waals surface area contributed by atoms with Gasteiger partial charge in [0.1, 0.15) is 6.04 Å². The van der Waals surface area contributed by atoms with E-state index in [0.29, 0.717) is 6.42 Å². The number of rotatable bonds is 6. The Bertz CT molecular complexity index is 716. The maximum Gasteiger partial charge on any atom is 0.240 e. The Morgan fingerprint density at radius 3 is 2.08 bits per heavy atom. The molecule has 0 heterocycles. The second-order valence-corrected chi connectivity index (χ2v) is 7.34. The third-order valence-electron chi connectivity index (χ3n) is 4.15. The molecule has 132 valence electrons. The zero-order valence-electron chi connectivity index (χ0n) is 15.1. The number of benzene rings is 2. The molecule has 2 amide bonds. The number of amides is 2. The van der Waals surface area contributed by atoms with Crippen molar-refractivity contribution in [2.24, 2.45) is 5.73 Å². The monoisotopic (exact) mass is 338 g/mol. The second kappa shape index (κ2) is 7.97. The minimum atomic E-state index is -0.711. The van der Waals surface area contributed by atoms with Crippen LogP contribution in [-0.4, -0.2) is 17.9 Å². The van der Waals surface area contributed by atoms with Crippen molar-refractivity contribution in [3.63, 3.8) is 0 Å². The normalized spacial score (nSPS) is 12.4. The van der Waals surface area contributed by atoms with Gasteiger partial charge in [-0.1, -0.05) is 75.4 Å². The first-order chi connectivity index (χ1) is 11.8. The SMILES string of the molecule is CC(C)(C)c1ccc(C[C@@H](NC(=O)Cc2ccccc2)C(N)=O)cc1. The van der Waals surface area contributed by atoms with E-state index in [1.54, 1.807) is 0 Å². The van der Waals surface area contributed by atoms with E-state index in [-0.39, 0.29) is 17.7 Å². The molecule has 3 N–H and O–H groups in total. The molecule has 0 aliphatic rings. The molecule has 0 fully saturated rings. The lowest BCUT2D eigenvalue weighted by Gasteiger charge is -2.20. The summed E-state index contributed by atoms with van der Waals surface area (Å²) in [6.07, 6.45) is 0.619. The number of hydrogen-bond acceptors (Lipinski definition) is 2. The summed E-state index contributed by atoms with van der Waals surface area (Å²) in [4.78, 5) is 23.9. The van der Waals surface area contributed by atoms with Gasteiger partial charge in [0, 0.05) is 6.42 Å². The van der Waals surface area contributed by atoms with E-state index in [4.69, 9.17) is 5.73 Å². The molecule has 0 saturated carbocycles. The van der Waals surface area contributed by atoms with E-state index in [9.17, 15) is 9.59 Å². The van der Waals surface area contributed by atoms with Crippen LogP contribution < -0.4 is 11.1 Å². The van der Waals surface area contributed by atoms with Crippen LogP contribution in [0.1, 0.15) is 37.5 Å². The van der Waals surface area contributed by atoms with Crippen molar-refractivity contribution in [1.29, 1.82) is 0 Å². The van der Waals surface area contributed by atoms with Crippen molar-refractivity contribution in [2.45, 2.75) is 45.1 Å². The van der Waals surface area contributed by atoms with Crippen molar-refractivity contribution in [2.75, 3.05) is 0 Å². The van der Waals surface area contributed by atoms with Crippen molar-refractivity contribution in [3.05, 3.63) is 71.3 Å². The van der Waals surface area contributed by atoms with Crippen LogP contribution in [0, 0.1) is 0 Å². The van der Waals surface area contributed by atoms with Crippen molar-refractivity contribution < 1.29 is 9.59 Å². The Labute approximate surface area is 149 Å². The Hall–Kier alpha value is -2.62. The number of hydrogen-bond donors (Lipinski definition) is 2. The van der Waals surface area contributed by atoms with Crippen LogP contribution in [-0.2, 0) is 27.8 Å². The number of carbonyl (C=O) groups is 2. The highest BCUT2D eigenvalue weighted by Crippen LogP contribution is 2.22. The molecule has 1 atom stereocenters. The van der Waals surface area contributed by atoms with Crippen LogP contribution in [0.3, 0.4) is 0 Å². The summed E-state index contributed by atoms with van der Waals surface area (Å²) in [7, 11) is 0. The summed E-state index contributed by atoms with van der Waals surface area (Å²) in [6.45, 7) is 6.45. The minimum Gasteiger partial charge on any atom is -0.368 e. The van der Waals surface area contributed by atoms with Gasteiger partial charge in [0.05, 0.1) is 6.42 Å². The van der Waals surface area contributed by atoms with Gasteiger partial charge >= 0.3 is 0 Å². The average molecular weight is 338 g/mol. The average Bonchev–Trinajstić information content (AvgIpc) is 2.54. The lowest BCUT2D eigenvalue weighted by Crippen LogP contribution is -2.46. The fourth-order valence-corrected chi connectivity index (χ4v) is 2.63. The standard InChI is InChI=1S/C21H26N2O2/c1-21(2,3)17-11-9-16(10-12-17)13-18(20(22)25)23-19(24)14-15-7-5-4-6-8-15/h4-12,18H,13-14H2,1-3H3,(H2,22,25)(H,23,24)/t18-/m1/s1. The van der Waals surface area contributed by atoms with Gasteiger partial charge in [-0.25, -0.2) is 0 Å². The Morgan fingerprint density at radius 1 is 0.960 bits per heavy atom. The molecule has 2 aromatic rings. The fourth-order valence-electron chi connectivity index (χ4n) is 2.63. The maximum absolute atomic E-state index is 12.2. The summed E-state index contributed by atoms with van der Waals surface area (Å²) >= 11 is 0. The van der Waals surface area contributed by atoms with E-state index >= 15 is 0 Å². The number of primary amides is 1. The first-order valence-corrected chi connectivity index (χ1v) is 8.48. The Morgan fingerprint density at radius 2 is 1.56 bits per heavy atom. The van der Waals surface area contributed by atoms with E-state index in [1.807, 2.05) is 42.5 Å². The van der Waals surface area contributed by atoms with Gasteiger partial charge < -0.3 is 11.1 Å². The van der Waals surface area contributed by atoms with E-state index in [0.717, 1.165) is 11.1 Å². The van der Waals surface area contributed by atoms with Gasteiger partial charge in [-0.3, -0.25) is 9.59 Å². The molecule has 25 heavy (non-hydrogen) atoms. The number of nitrogens with two attached hydrogens (primary N) is 1. The molecule has 0 bridgehead atoms. The molecule has 0 aliphatic carbocycles. The lowest BCUT2D eigenvalue weighted by atomic mass is 9.86. The highest BCUT2D eigenvalue weighted by Gasteiger charge is 2.19. The predicted octanol–water partition coefficient (Wildman–Crippen LogP) is 2.74. The molecular formula is C21H26N2O2. The second-order valence-electron chi connectivity index (χ2n) is 7.34. The highest BCUT2D eigenvalue weighted by atomic mass is 16.2. The van der Waals surface area contributed by atoms with Crippen LogP contribution in [0.4, 0.5) is 0 Å². The van der Waals surface area contributed by atoms with Gasteiger partial charge in [0.25, 0.3) is 0 Å². The van der Waals surface area contributed by atoms with Crippen LogP contribution in [0.2, 0.25) is 0 Å². The van der Waals surface area contributed by atoms with E-state index in [2.05, 4.69) is 38.2 Å². The smallest absolute Gasteiger partial charge is 0.240 e. The third-order valence-corrected chi connectivity index (χ3v) is 4.15. The predicted molar refractivity (Wildman–Crippen MR) is 100 cm³/mol. The topological polar surface area (TPSA) is 72.2 Å². The van der Waals surface area contributed by atoms with Crippen LogP contribution in [0.5, 0.6) is 0 Å². The Kier molecular flexibility index (Phi) is 5.97. The molecule has 2 rings (SSSR count). The molecular weight excluding hydrogens is 312 g/mol. The van der Waals surface area contributed by atoms with Crippen molar-refractivity contribution >= 4 is 11.8 Å². The molecule has 0 unspecified atom stereocenters. The summed E-state index contributed by atoms with van der Waals surface area (Å²) in [5.41, 5.74) is 8.64. The molecule has 0 saturated heterocycles. The fraction of sp³-hybridized carbons (Fsp3) is 0.333. The minimum absolute atomic E-state index is 0.0749. The quantitative estimate of drug-likeness (QED) is 0.850. The van der Waals surface area contributed by atoms with Crippen LogP contribution >= 0.6 is 0 Å². The van der Waals surface area contributed by atoms with E-state index < -0.39 is 11.9 Å². The molecule has 0 spiro atoms. The van der Waals surface area contributed by atoms with E-state index in [1.165, 1.54) is 5.56 Å². The molecule has 0 aromatic heterocycles. The maximum atomic E-state index is 12.2. The molecule has 0 aliphatic heterocycles. The number of nitrogens with one attached hydrogen (secondary N) is 1. The third kappa shape index (κ3) is 5.75. The zero-order valence-corrected chi connectivity index (χ0v) is 15.1. The van der Waals surface area contributed by atoms with Gasteiger partial charge in [0.2, 0.25) is 11.8 Å². The van der Waals surface area contributed by atoms with Gasteiger partial charge in [0.15, 0.2) is 0 Å². The van der Waals surface area contributed by atoms with Crippen LogP contribution in [0.15, 0.2) is 54.6 Å². The molecule has 4 heteroatoms. The number of carbonyl (C=O) groups excluding carboxylic acids is 2. The first-order valence-electron chi connectivity index (χ1n) is 8.48. The van der Waals surface area contributed by atoms with Crippen molar-refractivity contribution in [1.82, 2.24) is 5.32 Å². The van der Waals surface area contributed by atoms with Crippen molar-refractivity contribution in [3.8, 4) is 0 Å². The lowest BCUT2D eigenvalue weighted by molar-refractivity contribution is -0.127. The summed E-state index contributed by atoms with van der Waals surface area (Å²) in [5, 5.41) is 2.74. The summed E-state index contributed by atoms with van der Waals surface area (Å²) in [5.74, 6) is -0.734. The van der Waals surface area contributed by atoms with Gasteiger partial charge in [-0.15, -0.1) is 0 Å². The van der Waals surface area contributed by atoms with Gasteiger partial charge in [-0.05, 0) is 22.1 Å². The van der Waals surface area contributed by atoms with Gasteiger partial charge in [-0.2, -0.15) is 0 Å². The zero-order chi connectivity index (χ0) is 18.4. The molecule has 4 nitrogen and oxygen atoms in total.